The Morgan fingerprint density at radius 1 is 1.10 bits per heavy atom. The molecule has 30 heavy (non-hydrogen) atoms. The number of pyridine rings is 1. The molecule has 158 valence electrons. The van der Waals surface area contributed by atoms with Gasteiger partial charge in [0.2, 0.25) is 5.88 Å². The van der Waals surface area contributed by atoms with Crippen LogP contribution in [0.3, 0.4) is 0 Å². The Balaban J connectivity index is 1.45. The molecule has 0 saturated carbocycles. The number of guanidine groups is 1. The predicted octanol–water partition coefficient (Wildman–Crippen LogP) is 3.22. The van der Waals surface area contributed by atoms with Gasteiger partial charge in [0.25, 0.3) is 0 Å². The third-order valence-electron chi connectivity index (χ3n) is 4.26. The van der Waals surface area contributed by atoms with Crippen molar-refractivity contribution in [2.75, 3.05) is 20.2 Å². The summed E-state index contributed by atoms with van der Waals surface area (Å²) in [5.41, 5.74) is 1.05. The summed E-state index contributed by atoms with van der Waals surface area (Å²) >= 11 is 0. The van der Waals surface area contributed by atoms with Crippen LogP contribution >= 0.6 is 0 Å². The van der Waals surface area contributed by atoms with Gasteiger partial charge in [-0.1, -0.05) is 0 Å². The van der Waals surface area contributed by atoms with E-state index >= 15 is 0 Å². The summed E-state index contributed by atoms with van der Waals surface area (Å²) in [6.45, 7) is 4.88. The average Bonchev–Trinajstić information content (AvgIpc) is 3.29. The molecule has 0 unspecified atom stereocenters. The van der Waals surface area contributed by atoms with Crippen molar-refractivity contribution in [2.24, 2.45) is 4.99 Å². The Bertz CT molecular complexity index is 910. The number of benzene rings is 1. The lowest BCUT2D eigenvalue weighted by Gasteiger charge is -2.12. The van der Waals surface area contributed by atoms with E-state index in [0.717, 1.165) is 36.8 Å². The first-order valence-electron chi connectivity index (χ1n) is 10.0. The van der Waals surface area contributed by atoms with Crippen LogP contribution in [0.1, 0.15) is 18.9 Å². The molecule has 0 aliphatic rings. The molecule has 0 spiro atoms. The topological polar surface area (TPSA) is 85.6 Å². The predicted molar refractivity (Wildman–Crippen MR) is 117 cm³/mol. The molecule has 0 amide bonds. The van der Waals surface area contributed by atoms with Gasteiger partial charge in [0.1, 0.15) is 11.5 Å². The summed E-state index contributed by atoms with van der Waals surface area (Å²) in [6.07, 6.45) is 6.44. The molecule has 8 heteroatoms. The fourth-order valence-corrected chi connectivity index (χ4v) is 2.79. The third-order valence-corrected chi connectivity index (χ3v) is 4.26. The smallest absolute Gasteiger partial charge is 0.219 e. The first-order valence-corrected chi connectivity index (χ1v) is 10.0. The summed E-state index contributed by atoms with van der Waals surface area (Å²) in [6, 6.07) is 13.3. The van der Waals surface area contributed by atoms with Crippen LogP contribution in [-0.2, 0) is 13.1 Å². The molecule has 3 rings (SSSR count). The Labute approximate surface area is 177 Å². The maximum absolute atomic E-state index is 5.85. The Hall–Kier alpha value is -3.55. The highest BCUT2D eigenvalue weighted by molar-refractivity contribution is 5.79. The second-order valence-electron chi connectivity index (χ2n) is 6.48. The highest BCUT2D eigenvalue weighted by Gasteiger charge is 2.03. The number of aryl methyl sites for hydroxylation is 1. The first-order chi connectivity index (χ1) is 14.8. The SMILES string of the molecule is CCOc1ccc(Oc2cc(CNC(=NC)NCCCn3cccn3)ccn2)cc1. The molecule has 0 radical (unpaired) electrons. The van der Waals surface area contributed by atoms with E-state index in [-0.39, 0.29) is 0 Å². The number of nitrogens with zero attached hydrogens (tertiary/aromatic N) is 4. The van der Waals surface area contributed by atoms with Crippen LogP contribution in [0.4, 0.5) is 0 Å². The van der Waals surface area contributed by atoms with E-state index in [1.54, 1.807) is 19.4 Å². The van der Waals surface area contributed by atoms with E-state index < -0.39 is 0 Å². The van der Waals surface area contributed by atoms with Crippen LogP contribution in [0.15, 0.2) is 66.0 Å². The number of hydrogen-bond donors (Lipinski definition) is 2. The largest absolute Gasteiger partial charge is 0.494 e. The second kappa shape index (κ2) is 11.5. The van der Waals surface area contributed by atoms with Crippen molar-refractivity contribution >= 4 is 5.96 Å². The van der Waals surface area contributed by atoms with Gasteiger partial charge in [-0.25, -0.2) is 4.98 Å². The molecule has 2 N–H and O–H groups in total. The van der Waals surface area contributed by atoms with Gasteiger partial charge < -0.3 is 20.1 Å². The number of aliphatic imine (C=N–C) groups is 1. The van der Waals surface area contributed by atoms with Crippen LogP contribution in [0.2, 0.25) is 0 Å². The fourth-order valence-electron chi connectivity index (χ4n) is 2.79. The molecule has 0 atom stereocenters. The Morgan fingerprint density at radius 3 is 2.67 bits per heavy atom. The fraction of sp³-hybridized carbons (Fsp3) is 0.318. The van der Waals surface area contributed by atoms with Crippen LogP contribution in [0.25, 0.3) is 0 Å². The third kappa shape index (κ3) is 6.80. The van der Waals surface area contributed by atoms with Crippen molar-refractivity contribution in [2.45, 2.75) is 26.4 Å². The lowest BCUT2D eigenvalue weighted by atomic mass is 10.2. The molecular formula is C22H28N6O2. The molecule has 0 aliphatic carbocycles. The van der Waals surface area contributed by atoms with Crippen molar-refractivity contribution in [1.82, 2.24) is 25.4 Å². The molecule has 1 aromatic carbocycles. The van der Waals surface area contributed by atoms with Crippen LogP contribution in [-0.4, -0.2) is 40.9 Å². The van der Waals surface area contributed by atoms with Crippen LogP contribution in [0.5, 0.6) is 17.4 Å². The van der Waals surface area contributed by atoms with E-state index in [4.69, 9.17) is 9.47 Å². The van der Waals surface area contributed by atoms with Crippen molar-refractivity contribution in [1.29, 1.82) is 0 Å². The number of nitrogens with one attached hydrogen (secondary N) is 2. The zero-order chi connectivity index (χ0) is 21.0. The minimum absolute atomic E-state index is 0.542. The molecule has 0 bridgehead atoms. The van der Waals surface area contributed by atoms with Crippen molar-refractivity contribution in [3.63, 3.8) is 0 Å². The Kier molecular flexibility index (Phi) is 8.08. The van der Waals surface area contributed by atoms with E-state index in [1.165, 1.54) is 0 Å². The summed E-state index contributed by atoms with van der Waals surface area (Å²) in [7, 11) is 1.76. The highest BCUT2D eigenvalue weighted by Crippen LogP contribution is 2.23. The average molecular weight is 409 g/mol. The second-order valence-corrected chi connectivity index (χ2v) is 6.48. The Morgan fingerprint density at radius 2 is 1.93 bits per heavy atom. The normalized spacial score (nSPS) is 11.2. The number of rotatable bonds is 10. The molecule has 3 aromatic rings. The maximum Gasteiger partial charge on any atom is 0.219 e. The van der Waals surface area contributed by atoms with Gasteiger partial charge in [-0.15, -0.1) is 0 Å². The molecule has 8 nitrogen and oxygen atoms in total. The van der Waals surface area contributed by atoms with Crippen molar-refractivity contribution < 1.29 is 9.47 Å². The van der Waals surface area contributed by atoms with Gasteiger partial charge >= 0.3 is 0 Å². The zero-order valence-corrected chi connectivity index (χ0v) is 17.4. The summed E-state index contributed by atoms with van der Waals surface area (Å²) in [5, 5.41) is 10.8. The molecule has 2 heterocycles. The lowest BCUT2D eigenvalue weighted by molar-refractivity contribution is 0.339. The van der Waals surface area contributed by atoms with Gasteiger partial charge in [0.05, 0.1) is 6.61 Å². The monoisotopic (exact) mass is 408 g/mol. The molecule has 0 saturated heterocycles. The molecule has 0 fully saturated rings. The number of ether oxygens (including phenoxy) is 2. The molecular weight excluding hydrogens is 380 g/mol. The van der Waals surface area contributed by atoms with Crippen molar-refractivity contribution in [3.05, 3.63) is 66.6 Å². The molecule has 0 aliphatic heterocycles. The van der Waals surface area contributed by atoms with E-state index in [2.05, 4.69) is 25.7 Å². The van der Waals surface area contributed by atoms with Gasteiger partial charge in [-0.05, 0) is 55.3 Å². The quantitative estimate of drug-likeness (QED) is 0.304. The minimum atomic E-state index is 0.542. The zero-order valence-electron chi connectivity index (χ0n) is 17.4. The van der Waals surface area contributed by atoms with Gasteiger partial charge in [0, 0.05) is 51.3 Å². The van der Waals surface area contributed by atoms with E-state index in [1.807, 2.05) is 60.3 Å². The number of aromatic nitrogens is 3. The lowest BCUT2D eigenvalue weighted by Crippen LogP contribution is -2.37. The standard InChI is InChI=1S/C22H28N6O2/c1-3-29-19-6-8-20(9-7-19)30-21-16-18(10-13-24-21)17-26-22(23-2)25-11-4-14-28-15-5-12-27-28/h5-10,12-13,15-16H,3-4,11,14,17H2,1-2H3,(H2,23,25,26). The van der Waals surface area contributed by atoms with Crippen LogP contribution in [0, 0.1) is 0 Å². The van der Waals surface area contributed by atoms with Gasteiger partial charge in [0.15, 0.2) is 5.96 Å². The van der Waals surface area contributed by atoms with Crippen molar-refractivity contribution in [3.8, 4) is 17.4 Å². The van der Waals surface area contributed by atoms with E-state index in [9.17, 15) is 0 Å². The maximum atomic E-state index is 5.85. The summed E-state index contributed by atoms with van der Waals surface area (Å²) in [5.74, 6) is 2.83. The number of hydrogen-bond acceptors (Lipinski definition) is 5. The van der Waals surface area contributed by atoms with E-state index in [0.29, 0.717) is 24.8 Å². The molecule has 2 aromatic heterocycles. The highest BCUT2D eigenvalue weighted by atomic mass is 16.5. The summed E-state index contributed by atoms with van der Waals surface area (Å²) in [4.78, 5) is 8.55. The summed E-state index contributed by atoms with van der Waals surface area (Å²) < 4.78 is 13.2. The van der Waals surface area contributed by atoms with Crippen LogP contribution < -0.4 is 20.1 Å². The minimum Gasteiger partial charge on any atom is -0.494 e. The van der Waals surface area contributed by atoms with Gasteiger partial charge in [-0.3, -0.25) is 9.67 Å². The first kappa shape index (κ1) is 21.2. The van der Waals surface area contributed by atoms with Gasteiger partial charge in [-0.2, -0.15) is 5.10 Å².